The van der Waals surface area contributed by atoms with E-state index in [2.05, 4.69) is 0 Å². The van der Waals surface area contributed by atoms with Crippen molar-refractivity contribution in [1.29, 1.82) is 0 Å². The second kappa shape index (κ2) is 6.07. The molecule has 3 rings (SSSR count). The van der Waals surface area contributed by atoms with E-state index in [4.69, 9.17) is 0 Å². The molecule has 7 nitrogen and oxygen atoms in total. The molecule has 2 heterocycles. The van der Waals surface area contributed by atoms with E-state index in [0.29, 0.717) is 18.5 Å². The number of imide groups is 1. The summed E-state index contributed by atoms with van der Waals surface area (Å²) in [7, 11) is 0. The van der Waals surface area contributed by atoms with Crippen LogP contribution in [0.1, 0.15) is 45.5 Å². The van der Waals surface area contributed by atoms with E-state index in [9.17, 15) is 24.3 Å². The van der Waals surface area contributed by atoms with Crippen molar-refractivity contribution < 1.29 is 24.3 Å². The van der Waals surface area contributed by atoms with Gasteiger partial charge in [0.25, 0.3) is 11.8 Å². The van der Waals surface area contributed by atoms with Crippen LogP contribution in [0.4, 0.5) is 0 Å². The van der Waals surface area contributed by atoms with E-state index in [1.165, 1.54) is 4.90 Å². The molecule has 1 N–H and O–H groups in total. The predicted octanol–water partition coefficient (Wildman–Crippen LogP) is 1.06. The van der Waals surface area contributed by atoms with E-state index in [0.717, 1.165) is 23.3 Å². The van der Waals surface area contributed by atoms with Crippen LogP contribution < -0.4 is 0 Å². The second-order valence-corrected chi connectivity index (χ2v) is 6.18. The highest BCUT2D eigenvalue weighted by Gasteiger charge is 2.39. The van der Waals surface area contributed by atoms with Crippen molar-refractivity contribution >= 4 is 23.7 Å². The highest BCUT2D eigenvalue weighted by Crippen LogP contribution is 2.25. The minimum absolute atomic E-state index is 0.284. The fraction of sp³-hybridized carbons (Fsp3) is 0.412. The van der Waals surface area contributed by atoms with Crippen LogP contribution in [0.25, 0.3) is 0 Å². The van der Waals surface area contributed by atoms with Crippen LogP contribution in [-0.4, -0.2) is 57.7 Å². The van der Waals surface area contributed by atoms with Gasteiger partial charge >= 0.3 is 5.97 Å². The zero-order valence-corrected chi connectivity index (χ0v) is 13.3. The Morgan fingerprint density at radius 1 is 1.17 bits per heavy atom. The molecule has 0 aromatic heterocycles. The summed E-state index contributed by atoms with van der Waals surface area (Å²) in [6.45, 7) is 1.73. The second-order valence-electron chi connectivity index (χ2n) is 6.18. The molecule has 7 heteroatoms. The van der Waals surface area contributed by atoms with Crippen LogP contribution >= 0.6 is 0 Å². The van der Waals surface area contributed by atoms with E-state index in [-0.39, 0.29) is 5.56 Å². The summed E-state index contributed by atoms with van der Waals surface area (Å²) < 4.78 is 0. The summed E-state index contributed by atoms with van der Waals surface area (Å²) in [5, 5.41) is 9.25. The number of fused-ring (bicyclic) bond motifs is 1. The number of carboxylic acid groups (broad SMARTS) is 1. The number of hydrogen-bond acceptors (Lipinski definition) is 4. The molecule has 1 fully saturated rings. The topological polar surface area (TPSA) is 95.0 Å². The van der Waals surface area contributed by atoms with Crippen molar-refractivity contribution in [2.75, 3.05) is 13.1 Å². The van der Waals surface area contributed by atoms with Gasteiger partial charge in [0.1, 0.15) is 12.6 Å². The van der Waals surface area contributed by atoms with Gasteiger partial charge in [-0.2, -0.15) is 0 Å². The zero-order chi connectivity index (χ0) is 17.4. The number of hydrogen-bond donors (Lipinski definition) is 1. The number of rotatable bonds is 3. The summed E-state index contributed by atoms with van der Waals surface area (Å²) >= 11 is 0. The number of aryl methyl sites for hydroxylation is 1. The summed E-state index contributed by atoms with van der Waals surface area (Å²) in [6, 6.07) is 4.06. The largest absolute Gasteiger partial charge is 0.480 e. The van der Waals surface area contributed by atoms with Gasteiger partial charge in [-0.25, -0.2) is 4.79 Å². The molecule has 1 atom stereocenters. The number of carbonyl (C=O) groups is 4. The first-order chi connectivity index (χ1) is 11.4. The average molecular weight is 330 g/mol. The molecule has 24 heavy (non-hydrogen) atoms. The first-order valence-electron chi connectivity index (χ1n) is 7.89. The third kappa shape index (κ3) is 2.66. The Morgan fingerprint density at radius 2 is 1.88 bits per heavy atom. The van der Waals surface area contributed by atoms with Gasteiger partial charge in [0.15, 0.2) is 0 Å². The van der Waals surface area contributed by atoms with E-state index < -0.39 is 36.3 Å². The number of benzene rings is 1. The van der Waals surface area contributed by atoms with Gasteiger partial charge < -0.3 is 10.0 Å². The molecule has 0 spiro atoms. The van der Waals surface area contributed by atoms with Crippen LogP contribution in [0.3, 0.4) is 0 Å². The molecule has 0 bridgehead atoms. The number of amides is 3. The van der Waals surface area contributed by atoms with Crippen LogP contribution in [0.5, 0.6) is 0 Å². The molecule has 1 aromatic rings. The molecule has 2 aliphatic rings. The van der Waals surface area contributed by atoms with Crippen molar-refractivity contribution in [3.05, 3.63) is 34.9 Å². The monoisotopic (exact) mass is 330 g/mol. The normalized spacial score (nSPS) is 20.3. The van der Waals surface area contributed by atoms with Gasteiger partial charge in [-0.1, -0.05) is 11.6 Å². The van der Waals surface area contributed by atoms with Gasteiger partial charge in [-0.15, -0.1) is 0 Å². The van der Waals surface area contributed by atoms with E-state index >= 15 is 0 Å². The smallest absolute Gasteiger partial charge is 0.326 e. The minimum Gasteiger partial charge on any atom is -0.480 e. The first-order valence-corrected chi connectivity index (χ1v) is 7.89. The van der Waals surface area contributed by atoms with Crippen LogP contribution in [0.2, 0.25) is 0 Å². The molecular weight excluding hydrogens is 312 g/mol. The number of carbonyl (C=O) groups excluding carboxylic acids is 3. The summed E-state index contributed by atoms with van der Waals surface area (Å²) in [6.07, 6.45) is 1.85. The van der Waals surface area contributed by atoms with Gasteiger partial charge in [-0.05, 0) is 38.3 Å². The third-order valence-electron chi connectivity index (χ3n) is 4.53. The first kappa shape index (κ1) is 16.2. The molecule has 1 aromatic carbocycles. The fourth-order valence-electron chi connectivity index (χ4n) is 3.26. The Balaban J connectivity index is 1.79. The van der Waals surface area contributed by atoms with Crippen LogP contribution in [-0.2, 0) is 9.59 Å². The maximum atomic E-state index is 12.5. The zero-order valence-electron chi connectivity index (χ0n) is 13.3. The summed E-state index contributed by atoms with van der Waals surface area (Å²) in [4.78, 5) is 50.8. The number of piperidine rings is 1. The molecule has 2 aliphatic heterocycles. The van der Waals surface area contributed by atoms with Crippen molar-refractivity contribution in [2.45, 2.75) is 32.2 Å². The highest BCUT2D eigenvalue weighted by molar-refractivity contribution is 6.22. The molecule has 1 saturated heterocycles. The number of aliphatic carboxylic acids is 1. The van der Waals surface area contributed by atoms with Crippen LogP contribution in [0.15, 0.2) is 18.2 Å². The summed E-state index contributed by atoms with van der Waals surface area (Å²) in [5.41, 5.74) is 1.43. The van der Waals surface area contributed by atoms with Gasteiger partial charge in [-0.3, -0.25) is 19.3 Å². The maximum absolute atomic E-state index is 12.5. The molecule has 0 radical (unpaired) electrons. The lowest BCUT2D eigenvalue weighted by molar-refractivity contribution is -0.152. The lowest BCUT2D eigenvalue weighted by Crippen LogP contribution is -2.51. The lowest BCUT2D eigenvalue weighted by Gasteiger charge is -2.33. The van der Waals surface area contributed by atoms with Crippen molar-refractivity contribution in [1.82, 2.24) is 9.80 Å². The predicted molar refractivity (Wildman–Crippen MR) is 83.5 cm³/mol. The Morgan fingerprint density at radius 3 is 2.58 bits per heavy atom. The van der Waals surface area contributed by atoms with E-state index in [1.807, 2.05) is 6.92 Å². The number of likely N-dealkylation sites (tertiary alicyclic amines) is 1. The lowest BCUT2D eigenvalue weighted by atomic mass is 10.0. The Hall–Kier alpha value is -2.70. The van der Waals surface area contributed by atoms with Gasteiger partial charge in [0, 0.05) is 6.54 Å². The molecule has 1 unspecified atom stereocenters. The van der Waals surface area contributed by atoms with Gasteiger partial charge in [0.2, 0.25) is 5.91 Å². The summed E-state index contributed by atoms with van der Waals surface area (Å²) in [5.74, 6) is -2.57. The maximum Gasteiger partial charge on any atom is 0.326 e. The molecule has 3 amide bonds. The Labute approximate surface area is 138 Å². The highest BCUT2D eigenvalue weighted by atomic mass is 16.4. The Bertz CT molecular complexity index is 742. The SMILES string of the molecule is Cc1ccc2c(c1)C(=O)N(CC(=O)N1CCCCC1C(=O)O)C2=O. The van der Waals surface area contributed by atoms with Crippen molar-refractivity contribution in [3.8, 4) is 0 Å². The number of carboxylic acids is 1. The van der Waals surface area contributed by atoms with Gasteiger partial charge in [0.05, 0.1) is 11.1 Å². The average Bonchev–Trinajstić information content (AvgIpc) is 2.79. The standard InChI is InChI=1S/C17H18N2O5/c1-10-5-6-11-12(8-10)16(22)19(15(11)21)9-14(20)18-7-3-2-4-13(18)17(23)24/h5-6,8,13H,2-4,7,9H2,1H3,(H,23,24). The van der Waals surface area contributed by atoms with E-state index in [1.54, 1.807) is 18.2 Å². The van der Waals surface area contributed by atoms with Crippen molar-refractivity contribution in [3.63, 3.8) is 0 Å². The molecular formula is C17H18N2O5. The number of nitrogens with zero attached hydrogens (tertiary/aromatic N) is 2. The molecule has 0 saturated carbocycles. The molecule has 0 aliphatic carbocycles. The Kier molecular flexibility index (Phi) is 4.09. The van der Waals surface area contributed by atoms with Crippen molar-refractivity contribution in [2.24, 2.45) is 0 Å². The third-order valence-corrected chi connectivity index (χ3v) is 4.53. The quantitative estimate of drug-likeness (QED) is 0.836. The molecule has 126 valence electrons. The van der Waals surface area contributed by atoms with Crippen LogP contribution in [0, 0.1) is 6.92 Å². The minimum atomic E-state index is -1.05. The fourth-order valence-corrected chi connectivity index (χ4v) is 3.26.